The van der Waals surface area contributed by atoms with Crippen molar-refractivity contribution < 1.29 is 66.9 Å². The average molecular weight is 973 g/mol. The molecule has 0 saturated heterocycles. The van der Waals surface area contributed by atoms with Gasteiger partial charge in [0.05, 0.1) is 11.4 Å². The van der Waals surface area contributed by atoms with Gasteiger partial charge in [-0.2, -0.15) is 43.9 Å². The number of carbonyl (C=O) groups is 1. The molecule has 0 unspecified atom stereocenters. The molecule has 2 amide bonds. The summed E-state index contributed by atoms with van der Waals surface area (Å²) in [6.07, 6.45) is 0. The number of aromatic hydroxyl groups is 2. The summed E-state index contributed by atoms with van der Waals surface area (Å²) >= 11 is 0. The fraction of sp³-hybridized carbons (Fsp3) is 0. The van der Waals surface area contributed by atoms with Crippen LogP contribution < -0.4 is 10.6 Å². The molecule has 66 heavy (non-hydrogen) atoms. The number of anilines is 2. The Morgan fingerprint density at radius 3 is 1.12 bits per heavy atom. The largest absolute Gasteiger partial charge is 0.505 e. The quantitative estimate of drug-likeness (QED) is 0.0467. The summed E-state index contributed by atoms with van der Waals surface area (Å²) in [5.74, 6) is -1.43. The van der Waals surface area contributed by atoms with E-state index in [-0.39, 0.29) is 64.9 Å². The van der Waals surface area contributed by atoms with Crippen molar-refractivity contribution in [2.75, 3.05) is 10.6 Å². The first-order valence-electron chi connectivity index (χ1n) is 18.4. The van der Waals surface area contributed by atoms with E-state index < -0.39 is 79.2 Å². The number of amides is 2. The Morgan fingerprint density at radius 2 is 0.758 bits per heavy atom. The Hall–Kier alpha value is -7.49. The van der Waals surface area contributed by atoms with Gasteiger partial charge in [0.2, 0.25) is 0 Å². The van der Waals surface area contributed by atoms with Crippen molar-refractivity contribution in [3.05, 3.63) is 121 Å². The van der Waals surface area contributed by atoms with Gasteiger partial charge in [0, 0.05) is 32.9 Å². The average Bonchev–Trinajstić information content (AvgIpc) is 3.23. The second-order valence-corrected chi connectivity index (χ2v) is 19.8. The van der Waals surface area contributed by atoms with Crippen molar-refractivity contribution in [1.29, 1.82) is 0 Å². The molecule has 0 atom stereocenters. The number of azo groups is 2. The highest BCUT2D eigenvalue weighted by Gasteiger charge is 2.25. The fourth-order valence-corrected chi connectivity index (χ4v) is 9.76. The van der Waals surface area contributed by atoms with Crippen molar-refractivity contribution >= 4 is 124 Å². The van der Waals surface area contributed by atoms with Gasteiger partial charge in [0.15, 0.2) is 11.5 Å². The van der Waals surface area contributed by atoms with E-state index in [4.69, 9.17) is 0 Å². The van der Waals surface area contributed by atoms with Gasteiger partial charge < -0.3 is 20.8 Å². The minimum Gasteiger partial charge on any atom is -0.505 e. The van der Waals surface area contributed by atoms with E-state index in [1.807, 2.05) is 0 Å². The predicted molar refractivity (Wildman–Crippen MR) is 239 cm³/mol. The molecule has 21 nitrogen and oxygen atoms in total. The van der Waals surface area contributed by atoms with Crippen molar-refractivity contribution in [3.63, 3.8) is 0 Å². The molecule has 0 fully saturated rings. The molecule has 8 rings (SSSR count). The van der Waals surface area contributed by atoms with Crippen molar-refractivity contribution in [1.82, 2.24) is 0 Å². The van der Waals surface area contributed by atoms with E-state index in [2.05, 4.69) is 31.1 Å². The molecule has 0 radical (unpaired) electrons. The summed E-state index contributed by atoms with van der Waals surface area (Å²) in [6.45, 7) is 0. The van der Waals surface area contributed by atoms with E-state index in [9.17, 15) is 66.9 Å². The van der Waals surface area contributed by atoms with Crippen LogP contribution in [-0.2, 0) is 40.5 Å². The Bertz CT molecular complexity index is 3690. The number of rotatable bonds is 10. The smallest absolute Gasteiger partial charge is 0.323 e. The molecule has 8 N–H and O–H groups in total. The van der Waals surface area contributed by atoms with Crippen LogP contribution >= 0.6 is 0 Å². The van der Waals surface area contributed by atoms with Gasteiger partial charge in [-0.1, -0.05) is 36.4 Å². The minimum atomic E-state index is -5.06. The normalized spacial score (nSPS) is 12.8. The molecular formula is C41H28N6O15S4. The molecule has 0 aliphatic heterocycles. The molecule has 8 aromatic rings. The number of carbonyl (C=O) groups excluding carboxylic acids is 1. The number of hydrogen-bond donors (Lipinski definition) is 8. The maximum atomic E-state index is 13.2. The Kier molecular flexibility index (Phi) is 11.3. The third-order valence-corrected chi connectivity index (χ3v) is 13.5. The highest BCUT2D eigenvalue weighted by Crippen LogP contribution is 2.44. The molecule has 8 aromatic carbocycles. The van der Waals surface area contributed by atoms with Gasteiger partial charge in [0.1, 0.15) is 31.0 Å². The summed E-state index contributed by atoms with van der Waals surface area (Å²) < 4.78 is 136. The van der Waals surface area contributed by atoms with E-state index >= 15 is 0 Å². The van der Waals surface area contributed by atoms with Gasteiger partial charge in [0.25, 0.3) is 40.5 Å². The summed E-state index contributed by atoms with van der Waals surface area (Å²) in [4.78, 5) is 10.7. The SMILES string of the molecule is O=C(Nc1ccc2c(O)c(N=Nc3ccc4c(S(=O)(=O)O)cccc4c3)c(S(=O)(=O)O)cc2c1)Nc1ccc2c(O)c(N=Nc3ccc4c(S(=O)(=O)O)cccc4c3)c(S(=O)(=O)O)cc2c1. The van der Waals surface area contributed by atoms with Crippen molar-refractivity contribution in [2.24, 2.45) is 20.5 Å². The first kappa shape index (κ1) is 45.1. The minimum absolute atomic E-state index is 0.0131. The summed E-state index contributed by atoms with van der Waals surface area (Å²) in [5.41, 5.74) is -1.01. The van der Waals surface area contributed by atoms with Crippen LogP contribution in [0.15, 0.2) is 161 Å². The Balaban J connectivity index is 1.04. The second-order valence-electron chi connectivity index (χ2n) is 14.2. The third kappa shape index (κ3) is 9.08. The van der Waals surface area contributed by atoms with Crippen LogP contribution in [0.5, 0.6) is 11.5 Å². The van der Waals surface area contributed by atoms with Gasteiger partial charge in [-0.25, -0.2) is 4.79 Å². The highest BCUT2D eigenvalue weighted by atomic mass is 32.2. The molecular weight excluding hydrogens is 945 g/mol. The van der Waals surface area contributed by atoms with Gasteiger partial charge in [-0.3, -0.25) is 18.2 Å². The topological polar surface area (TPSA) is 349 Å². The number of benzene rings is 8. The molecule has 336 valence electrons. The van der Waals surface area contributed by atoms with E-state index in [0.717, 1.165) is 12.1 Å². The number of nitrogens with one attached hydrogen (secondary N) is 2. The zero-order chi connectivity index (χ0) is 47.5. The first-order chi connectivity index (χ1) is 31.0. The van der Waals surface area contributed by atoms with Gasteiger partial charge in [-0.05, 0) is 106 Å². The zero-order valence-corrected chi connectivity index (χ0v) is 36.1. The lowest BCUT2D eigenvalue weighted by molar-refractivity contribution is 0.262. The summed E-state index contributed by atoms with van der Waals surface area (Å²) in [7, 11) is -19.2. The zero-order valence-electron chi connectivity index (χ0n) is 32.8. The maximum absolute atomic E-state index is 13.2. The van der Waals surface area contributed by atoms with E-state index in [1.165, 1.54) is 109 Å². The third-order valence-electron chi connectivity index (χ3n) is 9.91. The number of hydrogen-bond acceptors (Lipinski definition) is 15. The van der Waals surface area contributed by atoms with Crippen LogP contribution in [0.3, 0.4) is 0 Å². The maximum Gasteiger partial charge on any atom is 0.323 e. The number of phenols is 2. The lowest BCUT2D eigenvalue weighted by atomic mass is 10.1. The summed E-state index contributed by atoms with van der Waals surface area (Å²) in [6, 6.07) is 25.2. The molecule has 0 aromatic heterocycles. The van der Waals surface area contributed by atoms with Crippen LogP contribution in [0.25, 0.3) is 43.1 Å². The molecule has 25 heteroatoms. The summed E-state index contributed by atoms with van der Waals surface area (Å²) in [5, 5.41) is 44.0. The molecule has 0 aliphatic carbocycles. The molecule has 0 spiro atoms. The van der Waals surface area contributed by atoms with Crippen LogP contribution in [0.1, 0.15) is 0 Å². The van der Waals surface area contributed by atoms with E-state index in [0.29, 0.717) is 10.8 Å². The monoisotopic (exact) mass is 972 g/mol. The van der Waals surface area contributed by atoms with Crippen LogP contribution in [0.4, 0.5) is 38.9 Å². The molecule has 0 aliphatic rings. The predicted octanol–water partition coefficient (Wildman–Crippen LogP) is 9.17. The van der Waals surface area contributed by atoms with Crippen LogP contribution in [0, 0.1) is 0 Å². The number of urea groups is 1. The highest BCUT2D eigenvalue weighted by molar-refractivity contribution is 7.86. The first-order valence-corrected chi connectivity index (χ1v) is 24.2. The number of fused-ring (bicyclic) bond motifs is 4. The lowest BCUT2D eigenvalue weighted by Gasteiger charge is -2.13. The van der Waals surface area contributed by atoms with Gasteiger partial charge in [-0.15, -0.1) is 10.2 Å². The second kappa shape index (κ2) is 16.5. The van der Waals surface area contributed by atoms with Gasteiger partial charge >= 0.3 is 6.03 Å². The molecule has 0 heterocycles. The lowest BCUT2D eigenvalue weighted by Crippen LogP contribution is -2.19. The Labute approximate surface area is 372 Å². The number of nitrogens with zero attached hydrogens (tertiary/aromatic N) is 4. The number of phenolic OH excluding ortho intramolecular Hbond substituents is 2. The van der Waals surface area contributed by atoms with Crippen LogP contribution in [0.2, 0.25) is 0 Å². The molecule has 0 saturated carbocycles. The Morgan fingerprint density at radius 1 is 0.394 bits per heavy atom. The van der Waals surface area contributed by atoms with E-state index in [1.54, 1.807) is 0 Å². The standard InChI is InChI=1S/C41H28N6O15S4/c48-39-31-13-7-25(17-23(31)19-35(65(57,58)59)37(39)46-44-27-9-11-29-21(15-27)3-1-5-33(29)63(51,52)53)42-41(50)43-26-8-14-32-24(18-26)20-36(66(60,61)62)38(40(32)49)47-45-28-10-12-30-22(16-28)4-2-6-34(30)64(54,55)56/h1-20,48-49H,(H2,42,43,50)(H,51,52,53)(H,54,55,56)(H,57,58,59)(H,60,61,62). The van der Waals surface area contributed by atoms with Crippen LogP contribution in [-0.4, -0.2) is 68.1 Å². The fourth-order valence-electron chi connectivity index (χ4n) is 7.01. The van der Waals surface area contributed by atoms with Crippen molar-refractivity contribution in [2.45, 2.75) is 19.6 Å². The van der Waals surface area contributed by atoms with Crippen molar-refractivity contribution in [3.8, 4) is 11.5 Å². The molecule has 0 bridgehead atoms.